The molecule has 0 aliphatic carbocycles. The topological polar surface area (TPSA) is 96.2 Å². The molecule has 1 amide bonds. The zero-order chi connectivity index (χ0) is 17.2. The number of nitrogens with zero attached hydrogens (tertiary/aromatic N) is 3. The number of nitrogens with two attached hydrogens (primary N) is 1. The van der Waals surface area contributed by atoms with Gasteiger partial charge in [-0.05, 0) is 23.0 Å². The van der Waals surface area contributed by atoms with Crippen LogP contribution < -0.4 is 16.4 Å². The Morgan fingerprint density at radius 1 is 1.52 bits per heavy atom. The third-order valence-electron chi connectivity index (χ3n) is 3.33. The van der Waals surface area contributed by atoms with Crippen LogP contribution in [0.3, 0.4) is 0 Å². The van der Waals surface area contributed by atoms with Gasteiger partial charge in [0, 0.05) is 32.2 Å². The van der Waals surface area contributed by atoms with Crippen LogP contribution in [0.1, 0.15) is 16.2 Å². The van der Waals surface area contributed by atoms with Crippen LogP contribution in [0.4, 0.5) is 19.0 Å². The standard InChI is InChI=1S/C12H16BrF3N6O/c1-22-3-2-18-6(5-22)4-19-11(23)7-10(17)21-8(9(13)20-7)12(14,15)16/h6,18H,2-5H2,1H3,(H2,17,21)(H,19,23). The number of alkyl halides is 3. The molecule has 0 saturated carbocycles. The summed E-state index contributed by atoms with van der Waals surface area (Å²) in [6, 6.07) is 0.0461. The number of carbonyl (C=O) groups is 1. The molecule has 128 valence electrons. The molecule has 23 heavy (non-hydrogen) atoms. The number of hydrogen-bond acceptors (Lipinski definition) is 6. The minimum Gasteiger partial charge on any atom is -0.382 e. The average molecular weight is 397 g/mol. The molecular weight excluding hydrogens is 381 g/mol. The molecule has 2 heterocycles. The highest BCUT2D eigenvalue weighted by atomic mass is 79.9. The van der Waals surface area contributed by atoms with Gasteiger partial charge >= 0.3 is 6.18 Å². The summed E-state index contributed by atoms with van der Waals surface area (Å²) < 4.78 is 37.5. The van der Waals surface area contributed by atoms with Crippen molar-refractivity contribution in [1.82, 2.24) is 25.5 Å². The van der Waals surface area contributed by atoms with E-state index in [1.54, 1.807) is 0 Å². The first-order valence-electron chi connectivity index (χ1n) is 6.79. The van der Waals surface area contributed by atoms with E-state index in [0.29, 0.717) is 6.54 Å². The Morgan fingerprint density at radius 3 is 2.83 bits per heavy atom. The maximum atomic E-state index is 12.7. The maximum Gasteiger partial charge on any atom is 0.436 e. The van der Waals surface area contributed by atoms with Crippen LogP contribution in [0.15, 0.2) is 4.60 Å². The van der Waals surface area contributed by atoms with Gasteiger partial charge in [-0.15, -0.1) is 0 Å². The van der Waals surface area contributed by atoms with Crippen LogP contribution in [0, 0.1) is 0 Å². The summed E-state index contributed by atoms with van der Waals surface area (Å²) in [5, 5.41) is 5.83. The fraction of sp³-hybridized carbons (Fsp3) is 0.583. The number of hydrogen-bond donors (Lipinski definition) is 3. The van der Waals surface area contributed by atoms with E-state index in [1.165, 1.54) is 0 Å². The Balaban J connectivity index is 2.06. The highest BCUT2D eigenvalue weighted by molar-refractivity contribution is 9.10. The van der Waals surface area contributed by atoms with E-state index >= 15 is 0 Å². The van der Waals surface area contributed by atoms with Gasteiger partial charge in [-0.2, -0.15) is 13.2 Å². The molecule has 7 nitrogen and oxygen atoms in total. The summed E-state index contributed by atoms with van der Waals surface area (Å²) >= 11 is 2.67. The summed E-state index contributed by atoms with van der Waals surface area (Å²) in [7, 11) is 1.96. The SMILES string of the molecule is CN1CCNC(CNC(=O)c2nc(Br)c(C(F)(F)F)nc2N)C1. The second-order valence-electron chi connectivity index (χ2n) is 5.22. The normalized spacial score (nSPS) is 19.6. The zero-order valence-electron chi connectivity index (χ0n) is 12.2. The van der Waals surface area contributed by atoms with Gasteiger partial charge in [-0.3, -0.25) is 4.79 Å². The third-order valence-corrected chi connectivity index (χ3v) is 3.88. The van der Waals surface area contributed by atoms with Gasteiger partial charge in [0.15, 0.2) is 17.2 Å². The highest BCUT2D eigenvalue weighted by Crippen LogP contribution is 2.33. The van der Waals surface area contributed by atoms with Crippen LogP contribution in [-0.2, 0) is 6.18 Å². The first-order chi connectivity index (χ1) is 10.7. The predicted octanol–water partition coefficient (Wildman–Crippen LogP) is 0.473. The van der Waals surface area contributed by atoms with Gasteiger partial charge in [0.05, 0.1) is 0 Å². The molecule has 0 bridgehead atoms. The van der Waals surface area contributed by atoms with Crippen molar-refractivity contribution in [2.24, 2.45) is 0 Å². The van der Waals surface area contributed by atoms with Gasteiger partial charge in [0.1, 0.15) is 4.60 Å². The number of halogens is 4. The first kappa shape index (κ1) is 17.9. The summed E-state index contributed by atoms with van der Waals surface area (Å²) in [6.07, 6.45) is -4.70. The van der Waals surface area contributed by atoms with Crippen molar-refractivity contribution in [2.75, 3.05) is 39.0 Å². The van der Waals surface area contributed by atoms with E-state index in [2.05, 4.69) is 41.4 Å². The second kappa shape index (κ2) is 6.97. The molecule has 11 heteroatoms. The molecular formula is C12H16BrF3N6O. The summed E-state index contributed by atoms with van der Waals surface area (Å²) in [5.41, 5.74) is 3.84. The Bertz CT molecular complexity index is 597. The number of aromatic nitrogens is 2. The molecule has 1 unspecified atom stereocenters. The second-order valence-corrected chi connectivity index (χ2v) is 5.97. The van der Waals surface area contributed by atoms with Crippen LogP contribution in [-0.4, -0.2) is 60.0 Å². The molecule has 1 aromatic heterocycles. The monoisotopic (exact) mass is 396 g/mol. The van der Waals surface area contributed by atoms with Gasteiger partial charge in [-0.25, -0.2) is 9.97 Å². The number of anilines is 1. The lowest BCUT2D eigenvalue weighted by atomic mass is 10.2. The number of nitrogens with one attached hydrogen (secondary N) is 2. The van der Waals surface area contributed by atoms with Crippen molar-refractivity contribution in [3.8, 4) is 0 Å². The number of likely N-dealkylation sites (N-methyl/N-ethyl adjacent to an activating group) is 1. The molecule has 2 rings (SSSR count). The van der Waals surface area contributed by atoms with E-state index < -0.39 is 28.2 Å². The lowest BCUT2D eigenvalue weighted by molar-refractivity contribution is -0.142. The lowest BCUT2D eigenvalue weighted by Crippen LogP contribution is -2.53. The first-order valence-corrected chi connectivity index (χ1v) is 7.58. The Hall–Kier alpha value is -1.46. The molecule has 1 aromatic rings. The van der Waals surface area contributed by atoms with E-state index in [9.17, 15) is 18.0 Å². The zero-order valence-corrected chi connectivity index (χ0v) is 13.8. The van der Waals surface area contributed by atoms with E-state index in [1.807, 2.05) is 7.05 Å². The Labute approximate surface area is 139 Å². The number of rotatable bonds is 3. The summed E-state index contributed by atoms with van der Waals surface area (Å²) in [4.78, 5) is 21.0. The largest absolute Gasteiger partial charge is 0.436 e. The predicted molar refractivity (Wildman–Crippen MR) is 80.8 cm³/mol. The summed E-state index contributed by atoms with van der Waals surface area (Å²) in [6.45, 7) is 2.76. The third kappa shape index (κ3) is 4.52. The molecule has 1 aliphatic rings. The van der Waals surface area contributed by atoms with Crippen molar-refractivity contribution >= 4 is 27.7 Å². The maximum absolute atomic E-state index is 12.7. The van der Waals surface area contributed by atoms with E-state index in [0.717, 1.165) is 19.6 Å². The minimum absolute atomic E-state index is 0.0461. The van der Waals surface area contributed by atoms with E-state index in [-0.39, 0.29) is 11.7 Å². The molecule has 1 atom stereocenters. The number of piperazine rings is 1. The fourth-order valence-corrected chi connectivity index (χ4v) is 2.69. The van der Waals surface area contributed by atoms with E-state index in [4.69, 9.17) is 5.73 Å². The van der Waals surface area contributed by atoms with Crippen molar-refractivity contribution in [2.45, 2.75) is 12.2 Å². The van der Waals surface area contributed by atoms with Crippen molar-refractivity contribution in [3.05, 3.63) is 16.0 Å². The fourth-order valence-electron chi connectivity index (χ4n) is 2.20. The van der Waals surface area contributed by atoms with Gasteiger partial charge in [0.2, 0.25) is 0 Å². The quantitative estimate of drug-likeness (QED) is 0.687. The Kier molecular flexibility index (Phi) is 5.42. The van der Waals surface area contributed by atoms with Crippen LogP contribution >= 0.6 is 15.9 Å². The number of carbonyl (C=O) groups excluding carboxylic acids is 1. The molecule has 0 aromatic carbocycles. The van der Waals surface area contributed by atoms with Gasteiger partial charge < -0.3 is 21.3 Å². The summed E-state index contributed by atoms with van der Waals surface area (Å²) in [5.74, 6) is -1.23. The van der Waals surface area contributed by atoms with Crippen molar-refractivity contribution in [1.29, 1.82) is 0 Å². The average Bonchev–Trinajstić information content (AvgIpc) is 2.45. The lowest BCUT2D eigenvalue weighted by Gasteiger charge is -2.30. The highest BCUT2D eigenvalue weighted by Gasteiger charge is 2.37. The molecule has 0 radical (unpaired) electrons. The van der Waals surface area contributed by atoms with Crippen LogP contribution in [0.5, 0.6) is 0 Å². The Morgan fingerprint density at radius 2 is 2.22 bits per heavy atom. The number of amides is 1. The van der Waals surface area contributed by atoms with Crippen LogP contribution in [0.25, 0.3) is 0 Å². The molecule has 1 fully saturated rings. The molecule has 4 N–H and O–H groups in total. The number of nitrogen functional groups attached to an aromatic ring is 1. The van der Waals surface area contributed by atoms with Crippen molar-refractivity contribution < 1.29 is 18.0 Å². The minimum atomic E-state index is -4.70. The molecule has 0 spiro atoms. The van der Waals surface area contributed by atoms with Gasteiger partial charge in [0.25, 0.3) is 5.91 Å². The molecule has 1 aliphatic heterocycles. The van der Waals surface area contributed by atoms with Gasteiger partial charge in [-0.1, -0.05) is 0 Å². The van der Waals surface area contributed by atoms with Crippen LogP contribution in [0.2, 0.25) is 0 Å². The molecule has 1 saturated heterocycles. The van der Waals surface area contributed by atoms with Crippen molar-refractivity contribution in [3.63, 3.8) is 0 Å². The smallest absolute Gasteiger partial charge is 0.382 e.